The van der Waals surface area contributed by atoms with Crippen molar-refractivity contribution < 1.29 is 12.8 Å². The van der Waals surface area contributed by atoms with Crippen LogP contribution < -0.4 is 5.73 Å². The van der Waals surface area contributed by atoms with Gasteiger partial charge in [-0.3, -0.25) is 4.90 Å². The maximum absolute atomic E-state index is 14.1. The minimum absolute atomic E-state index is 0.0446. The molecule has 1 aliphatic rings. The van der Waals surface area contributed by atoms with E-state index in [2.05, 4.69) is 4.90 Å². The first-order valence-corrected chi connectivity index (χ1v) is 8.43. The topological polar surface area (TPSA) is 66.6 Å². The summed E-state index contributed by atoms with van der Waals surface area (Å²) in [5, 5.41) is 0.0997. The van der Waals surface area contributed by atoms with Crippen LogP contribution in [0.2, 0.25) is 5.02 Å². The SMILES string of the molecule is CC1CN(S(=O)(=O)c2cc(Cl)cc(N)c2F)CC(C)N1C. The quantitative estimate of drug-likeness (QED) is 0.837. The predicted molar refractivity (Wildman–Crippen MR) is 81.3 cm³/mol. The van der Waals surface area contributed by atoms with Gasteiger partial charge in [0.15, 0.2) is 5.82 Å². The molecule has 2 rings (SSSR count). The Labute approximate surface area is 129 Å². The van der Waals surface area contributed by atoms with Gasteiger partial charge < -0.3 is 5.73 Å². The number of hydrogen-bond donors (Lipinski definition) is 1. The number of halogens is 2. The maximum atomic E-state index is 14.1. The zero-order valence-corrected chi connectivity index (χ0v) is 13.7. The van der Waals surface area contributed by atoms with E-state index in [1.807, 2.05) is 20.9 Å². The normalized spacial score (nSPS) is 25.2. The van der Waals surface area contributed by atoms with Gasteiger partial charge in [0.25, 0.3) is 0 Å². The van der Waals surface area contributed by atoms with Gasteiger partial charge in [0.05, 0.1) is 5.69 Å². The first-order valence-electron chi connectivity index (χ1n) is 6.61. The lowest BCUT2D eigenvalue weighted by molar-refractivity contribution is 0.105. The van der Waals surface area contributed by atoms with E-state index in [9.17, 15) is 12.8 Å². The number of rotatable bonds is 2. The fourth-order valence-corrected chi connectivity index (χ4v) is 4.48. The van der Waals surface area contributed by atoms with Crippen LogP contribution in [0.3, 0.4) is 0 Å². The predicted octanol–water partition coefficient (Wildman–Crippen LogP) is 1.77. The summed E-state index contributed by atoms with van der Waals surface area (Å²) >= 11 is 5.81. The average Bonchev–Trinajstić information content (AvgIpc) is 2.39. The number of sulfonamides is 1. The molecule has 0 saturated carbocycles. The lowest BCUT2D eigenvalue weighted by Crippen LogP contribution is -2.56. The summed E-state index contributed by atoms with van der Waals surface area (Å²) in [6, 6.07) is 2.40. The van der Waals surface area contributed by atoms with E-state index < -0.39 is 20.7 Å². The Morgan fingerprint density at radius 1 is 1.29 bits per heavy atom. The summed E-state index contributed by atoms with van der Waals surface area (Å²) in [5.41, 5.74) is 5.21. The largest absolute Gasteiger partial charge is 0.396 e. The summed E-state index contributed by atoms with van der Waals surface area (Å²) in [6.45, 7) is 4.46. The molecule has 1 aliphatic heterocycles. The van der Waals surface area contributed by atoms with E-state index in [0.29, 0.717) is 13.1 Å². The molecule has 0 aliphatic carbocycles. The Hall–Kier alpha value is -0.890. The van der Waals surface area contributed by atoms with Gasteiger partial charge in [0, 0.05) is 30.2 Å². The standard InChI is InChI=1S/C13H19ClFN3O2S/c1-8-6-18(7-9(2)17(8)3)21(19,20)12-5-10(14)4-11(16)13(12)15/h4-5,8-9H,6-7,16H2,1-3H3. The summed E-state index contributed by atoms with van der Waals surface area (Å²) in [7, 11) is -2.02. The zero-order chi connectivity index (χ0) is 15.9. The second kappa shape index (κ2) is 5.72. The average molecular weight is 336 g/mol. The van der Waals surface area contributed by atoms with Crippen molar-refractivity contribution in [2.24, 2.45) is 0 Å². The number of nitrogens with zero attached hydrogens (tertiary/aromatic N) is 2. The lowest BCUT2D eigenvalue weighted by Gasteiger charge is -2.41. The first kappa shape index (κ1) is 16.5. The molecule has 21 heavy (non-hydrogen) atoms. The first-order chi connectivity index (χ1) is 9.64. The summed E-state index contributed by atoms with van der Waals surface area (Å²) in [5.74, 6) is -0.946. The molecule has 8 heteroatoms. The third kappa shape index (κ3) is 3.01. The van der Waals surface area contributed by atoms with Gasteiger partial charge in [0.1, 0.15) is 4.90 Å². The van der Waals surface area contributed by atoms with Crippen molar-refractivity contribution in [3.63, 3.8) is 0 Å². The molecule has 5 nitrogen and oxygen atoms in total. The smallest absolute Gasteiger partial charge is 0.246 e. The number of anilines is 1. The van der Waals surface area contributed by atoms with Crippen molar-refractivity contribution in [1.82, 2.24) is 9.21 Å². The molecular formula is C13H19ClFN3O2S. The summed E-state index contributed by atoms with van der Waals surface area (Å²) in [6.07, 6.45) is 0. The number of nitrogen functional groups attached to an aromatic ring is 1. The molecule has 1 saturated heterocycles. The lowest BCUT2D eigenvalue weighted by atomic mass is 10.1. The highest BCUT2D eigenvalue weighted by atomic mass is 35.5. The third-order valence-corrected chi connectivity index (χ3v) is 6.03. The molecule has 1 heterocycles. The van der Waals surface area contributed by atoms with E-state index >= 15 is 0 Å². The van der Waals surface area contributed by atoms with Crippen molar-refractivity contribution >= 4 is 27.3 Å². The van der Waals surface area contributed by atoms with Crippen LogP contribution in [0.4, 0.5) is 10.1 Å². The molecule has 1 aromatic rings. The number of hydrogen-bond acceptors (Lipinski definition) is 4. The highest BCUT2D eigenvalue weighted by Gasteiger charge is 2.36. The van der Waals surface area contributed by atoms with Crippen LogP contribution in [0.1, 0.15) is 13.8 Å². The zero-order valence-electron chi connectivity index (χ0n) is 12.2. The van der Waals surface area contributed by atoms with Crippen LogP contribution in [-0.4, -0.2) is 49.8 Å². The molecule has 2 atom stereocenters. The Balaban J connectivity index is 2.44. The van der Waals surface area contributed by atoms with Gasteiger partial charge >= 0.3 is 0 Å². The Morgan fingerprint density at radius 3 is 2.33 bits per heavy atom. The minimum atomic E-state index is -3.96. The Bertz CT molecular complexity index is 641. The van der Waals surface area contributed by atoms with Gasteiger partial charge in [-0.2, -0.15) is 4.31 Å². The Kier molecular flexibility index (Phi) is 4.49. The number of benzene rings is 1. The van der Waals surface area contributed by atoms with Gasteiger partial charge in [0.2, 0.25) is 10.0 Å². The van der Waals surface area contributed by atoms with Crippen molar-refractivity contribution in [2.75, 3.05) is 25.9 Å². The van der Waals surface area contributed by atoms with E-state index in [0.717, 1.165) is 6.07 Å². The minimum Gasteiger partial charge on any atom is -0.396 e. The van der Waals surface area contributed by atoms with Crippen molar-refractivity contribution in [3.05, 3.63) is 23.0 Å². The van der Waals surface area contributed by atoms with E-state index in [1.165, 1.54) is 10.4 Å². The third-order valence-electron chi connectivity index (χ3n) is 3.98. The van der Waals surface area contributed by atoms with Crippen LogP contribution in [0.25, 0.3) is 0 Å². The number of likely N-dealkylation sites (N-methyl/N-ethyl adjacent to an activating group) is 1. The van der Waals surface area contributed by atoms with Gasteiger partial charge in [-0.05, 0) is 33.0 Å². The highest BCUT2D eigenvalue weighted by molar-refractivity contribution is 7.89. The molecule has 1 aromatic carbocycles. The molecule has 0 bridgehead atoms. The van der Waals surface area contributed by atoms with Crippen LogP contribution in [0, 0.1) is 5.82 Å². The Morgan fingerprint density at radius 2 is 1.81 bits per heavy atom. The van der Waals surface area contributed by atoms with E-state index in [-0.39, 0.29) is 22.8 Å². The van der Waals surface area contributed by atoms with Crippen LogP contribution in [0.15, 0.2) is 17.0 Å². The van der Waals surface area contributed by atoms with Gasteiger partial charge in [-0.25, -0.2) is 12.8 Å². The number of piperazine rings is 1. The van der Waals surface area contributed by atoms with Crippen molar-refractivity contribution in [2.45, 2.75) is 30.8 Å². The summed E-state index contributed by atoms with van der Waals surface area (Å²) in [4.78, 5) is 1.63. The molecule has 0 radical (unpaired) electrons. The van der Waals surface area contributed by atoms with Crippen LogP contribution in [-0.2, 0) is 10.0 Å². The summed E-state index contributed by atoms with van der Waals surface area (Å²) < 4.78 is 40.7. The van der Waals surface area contributed by atoms with Crippen LogP contribution in [0.5, 0.6) is 0 Å². The second-order valence-corrected chi connectivity index (χ2v) is 7.84. The van der Waals surface area contributed by atoms with Crippen molar-refractivity contribution in [1.29, 1.82) is 0 Å². The fourth-order valence-electron chi connectivity index (χ4n) is 2.46. The molecule has 0 spiro atoms. The molecule has 118 valence electrons. The molecule has 0 amide bonds. The highest BCUT2D eigenvalue weighted by Crippen LogP contribution is 2.29. The molecule has 1 fully saturated rings. The molecular weight excluding hydrogens is 317 g/mol. The number of nitrogens with two attached hydrogens (primary N) is 1. The van der Waals surface area contributed by atoms with Gasteiger partial charge in [-0.1, -0.05) is 11.6 Å². The molecule has 0 aromatic heterocycles. The fraction of sp³-hybridized carbons (Fsp3) is 0.538. The second-order valence-electron chi connectivity index (χ2n) is 5.49. The molecule has 2 N–H and O–H groups in total. The maximum Gasteiger partial charge on any atom is 0.246 e. The van der Waals surface area contributed by atoms with E-state index in [1.54, 1.807) is 0 Å². The van der Waals surface area contributed by atoms with E-state index in [4.69, 9.17) is 17.3 Å². The molecule has 2 unspecified atom stereocenters. The van der Waals surface area contributed by atoms with Crippen molar-refractivity contribution in [3.8, 4) is 0 Å². The van der Waals surface area contributed by atoms with Gasteiger partial charge in [-0.15, -0.1) is 0 Å². The van der Waals surface area contributed by atoms with Crippen LogP contribution >= 0.6 is 11.6 Å². The monoisotopic (exact) mass is 335 g/mol.